The fourth-order valence-electron chi connectivity index (χ4n) is 3.81. The van der Waals surface area contributed by atoms with Crippen LogP contribution in [0.1, 0.15) is 17.4 Å². The first-order valence-corrected chi connectivity index (χ1v) is 12.0. The van der Waals surface area contributed by atoms with Gasteiger partial charge in [-0.1, -0.05) is 41.9 Å². The summed E-state index contributed by atoms with van der Waals surface area (Å²) in [7, 11) is 1.61. The highest BCUT2D eigenvalue weighted by molar-refractivity contribution is 7.21. The van der Waals surface area contributed by atoms with E-state index in [0.717, 1.165) is 26.3 Å². The molecule has 1 aromatic heterocycles. The van der Waals surface area contributed by atoms with E-state index in [2.05, 4.69) is 0 Å². The van der Waals surface area contributed by atoms with Crippen molar-refractivity contribution in [1.82, 2.24) is 0 Å². The molecule has 0 bridgehead atoms. The molecule has 0 N–H and O–H groups in total. The number of aliphatic imine (C=N–C) groups is 1. The van der Waals surface area contributed by atoms with E-state index in [4.69, 9.17) is 26.1 Å². The first-order chi connectivity index (χ1) is 16.6. The van der Waals surface area contributed by atoms with Crippen LogP contribution in [-0.2, 0) is 4.79 Å². The second-order valence-electron chi connectivity index (χ2n) is 7.55. The molecule has 34 heavy (non-hydrogen) atoms. The molecule has 0 aliphatic carbocycles. The zero-order chi connectivity index (χ0) is 23.7. The van der Waals surface area contributed by atoms with Gasteiger partial charge < -0.3 is 9.47 Å². The van der Waals surface area contributed by atoms with Crippen LogP contribution in [0.15, 0.2) is 83.5 Å². The van der Waals surface area contributed by atoms with E-state index in [-0.39, 0.29) is 5.91 Å². The molecule has 0 unspecified atom stereocenters. The Bertz CT molecular complexity index is 1440. The van der Waals surface area contributed by atoms with Crippen LogP contribution in [0.2, 0.25) is 5.02 Å². The number of carbonyl (C=O) groups is 1. The third kappa shape index (κ3) is 4.06. The Morgan fingerprint density at radius 1 is 1.03 bits per heavy atom. The number of anilines is 1. The molecule has 0 saturated heterocycles. The highest BCUT2D eigenvalue weighted by Gasteiger charge is 2.35. The predicted octanol–water partition coefficient (Wildman–Crippen LogP) is 6.80. The van der Waals surface area contributed by atoms with Crippen LogP contribution in [0, 0.1) is 0 Å². The minimum absolute atomic E-state index is 0.226. The number of benzene rings is 3. The zero-order valence-electron chi connectivity index (χ0n) is 18.6. The first kappa shape index (κ1) is 22.2. The molecule has 5 rings (SSSR count). The summed E-state index contributed by atoms with van der Waals surface area (Å²) in [6.45, 7) is 2.50. The van der Waals surface area contributed by atoms with Gasteiger partial charge in [-0.2, -0.15) is 0 Å². The summed E-state index contributed by atoms with van der Waals surface area (Å²) < 4.78 is 11.9. The van der Waals surface area contributed by atoms with E-state index >= 15 is 0 Å². The lowest BCUT2D eigenvalue weighted by molar-refractivity contribution is -0.113. The fourth-order valence-corrected chi connectivity index (χ4v) is 5.31. The largest absolute Gasteiger partial charge is 0.497 e. The van der Waals surface area contributed by atoms with Gasteiger partial charge in [0.1, 0.15) is 17.2 Å². The molecule has 1 aliphatic rings. The average Bonchev–Trinajstić information content (AvgIpc) is 3.36. The average molecular weight is 489 g/mol. The lowest BCUT2D eigenvalue weighted by Crippen LogP contribution is -2.32. The first-order valence-electron chi connectivity index (χ1n) is 10.8. The van der Waals surface area contributed by atoms with Crippen LogP contribution in [0.25, 0.3) is 16.2 Å². The molecular formula is C27H21ClN2O3S. The molecule has 4 aromatic rings. The molecule has 3 aromatic carbocycles. The minimum atomic E-state index is -0.226. The number of carbonyl (C=O) groups excluding carboxylic acids is 1. The Hall–Kier alpha value is -3.61. The standard InChI is InChI=1S/C27H21ClN2O3S/c1-3-33-19-13-11-18(12-14-19)30-26(25-24(28)21-9-4-5-10-23(21)34-25)29-22(27(30)31)16-17-7-6-8-20(15-17)32-2/h4-16H,3H2,1-2H3/b22-16+. The van der Waals surface area contributed by atoms with E-state index < -0.39 is 0 Å². The van der Waals surface area contributed by atoms with Crippen molar-refractivity contribution < 1.29 is 14.3 Å². The van der Waals surface area contributed by atoms with Gasteiger partial charge in [-0.15, -0.1) is 11.3 Å². The van der Waals surface area contributed by atoms with Gasteiger partial charge in [0.05, 0.1) is 29.3 Å². The molecule has 170 valence electrons. The van der Waals surface area contributed by atoms with Crippen molar-refractivity contribution in [3.63, 3.8) is 0 Å². The number of hydrogen-bond donors (Lipinski definition) is 0. The number of amidine groups is 1. The van der Waals surface area contributed by atoms with E-state index in [1.54, 1.807) is 18.1 Å². The Kier molecular flexibility index (Phi) is 6.09. The predicted molar refractivity (Wildman–Crippen MR) is 139 cm³/mol. The molecule has 0 spiro atoms. The summed E-state index contributed by atoms with van der Waals surface area (Å²) >= 11 is 8.31. The molecule has 2 heterocycles. The van der Waals surface area contributed by atoms with Crippen LogP contribution in [0.3, 0.4) is 0 Å². The number of ether oxygens (including phenoxy) is 2. The van der Waals surface area contributed by atoms with Crippen molar-refractivity contribution in [2.45, 2.75) is 6.92 Å². The molecule has 1 aliphatic heterocycles. The van der Waals surface area contributed by atoms with E-state index in [9.17, 15) is 4.79 Å². The number of thiophene rings is 1. The maximum Gasteiger partial charge on any atom is 0.282 e. The second-order valence-corrected chi connectivity index (χ2v) is 8.98. The van der Waals surface area contributed by atoms with Crippen molar-refractivity contribution >= 4 is 56.5 Å². The van der Waals surface area contributed by atoms with Crippen LogP contribution < -0.4 is 14.4 Å². The van der Waals surface area contributed by atoms with Crippen molar-refractivity contribution in [3.05, 3.63) is 94.0 Å². The molecule has 0 atom stereocenters. The van der Waals surface area contributed by atoms with Crippen LogP contribution in [0.5, 0.6) is 11.5 Å². The maximum absolute atomic E-state index is 13.6. The van der Waals surface area contributed by atoms with Crippen LogP contribution in [-0.4, -0.2) is 25.5 Å². The second kappa shape index (κ2) is 9.33. The highest BCUT2D eigenvalue weighted by atomic mass is 35.5. The van der Waals surface area contributed by atoms with Crippen molar-refractivity contribution in [2.24, 2.45) is 4.99 Å². The van der Waals surface area contributed by atoms with Gasteiger partial charge in [0.15, 0.2) is 5.84 Å². The molecular weight excluding hydrogens is 468 g/mol. The van der Waals surface area contributed by atoms with Crippen LogP contribution in [0.4, 0.5) is 5.69 Å². The quantitative estimate of drug-likeness (QED) is 0.280. The third-order valence-electron chi connectivity index (χ3n) is 5.40. The van der Waals surface area contributed by atoms with Gasteiger partial charge in [0.2, 0.25) is 0 Å². The monoisotopic (exact) mass is 488 g/mol. The Morgan fingerprint density at radius 2 is 1.82 bits per heavy atom. The molecule has 0 saturated carbocycles. The van der Waals surface area contributed by atoms with Gasteiger partial charge in [0.25, 0.3) is 5.91 Å². The van der Waals surface area contributed by atoms with Gasteiger partial charge in [0, 0.05) is 10.1 Å². The number of amides is 1. The number of halogens is 1. The van der Waals surface area contributed by atoms with Gasteiger partial charge in [-0.05, 0) is 61.0 Å². The Morgan fingerprint density at radius 3 is 2.56 bits per heavy atom. The zero-order valence-corrected chi connectivity index (χ0v) is 20.2. The number of fused-ring (bicyclic) bond motifs is 1. The summed E-state index contributed by atoms with van der Waals surface area (Å²) in [4.78, 5) is 20.8. The van der Waals surface area contributed by atoms with Gasteiger partial charge in [-0.3, -0.25) is 9.69 Å². The number of hydrogen-bond acceptors (Lipinski definition) is 5. The third-order valence-corrected chi connectivity index (χ3v) is 7.07. The summed E-state index contributed by atoms with van der Waals surface area (Å²) in [6.07, 6.45) is 1.76. The fraction of sp³-hybridized carbons (Fsp3) is 0.111. The van der Waals surface area contributed by atoms with Gasteiger partial charge >= 0.3 is 0 Å². The van der Waals surface area contributed by atoms with Crippen LogP contribution >= 0.6 is 22.9 Å². The molecule has 5 nitrogen and oxygen atoms in total. The van der Waals surface area contributed by atoms with Crippen molar-refractivity contribution in [2.75, 3.05) is 18.6 Å². The molecule has 0 fully saturated rings. The van der Waals surface area contributed by atoms with E-state index in [0.29, 0.717) is 34.6 Å². The highest BCUT2D eigenvalue weighted by Crippen LogP contribution is 2.39. The SMILES string of the molecule is CCOc1ccc(N2C(=O)/C(=C\c3cccc(OC)c3)N=C2c2sc3ccccc3c2Cl)cc1. The number of methoxy groups -OCH3 is 1. The Balaban J connectivity index is 1.64. The lowest BCUT2D eigenvalue weighted by Gasteiger charge is -2.18. The number of nitrogens with zero attached hydrogens (tertiary/aromatic N) is 2. The summed E-state index contributed by atoms with van der Waals surface area (Å²) in [5.41, 5.74) is 1.84. The molecule has 7 heteroatoms. The summed E-state index contributed by atoms with van der Waals surface area (Å²) in [6, 6.07) is 22.8. The van der Waals surface area contributed by atoms with E-state index in [1.807, 2.05) is 79.7 Å². The molecule has 1 amide bonds. The summed E-state index contributed by atoms with van der Waals surface area (Å²) in [5, 5.41) is 1.53. The van der Waals surface area contributed by atoms with Gasteiger partial charge in [-0.25, -0.2) is 4.99 Å². The number of rotatable bonds is 6. The minimum Gasteiger partial charge on any atom is -0.497 e. The lowest BCUT2D eigenvalue weighted by atomic mass is 10.1. The van der Waals surface area contributed by atoms with Crippen molar-refractivity contribution in [3.8, 4) is 11.5 Å². The summed E-state index contributed by atoms with van der Waals surface area (Å²) in [5.74, 6) is 1.73. The molecule has 0 radical (unpaired) electrons. The maximum atomic E-state index is 13.6. The topological polar surface area (TPSA) is 51.1 Å². The Labute approximate surface area is 206 Å². The van der Waals surface area contributed by atoms with E-state index in [1.165, 1.54) is 11.3 Å². The van der Waals surface area contributed by atoms with Crippen molar-refractivity contribution in [1.29, 1.82) is 0 Å². The normalized spacial score (nSPS) is 14.7. The smallest absolute Gasteiger partial charge is 0.282 e.